The van der Waals surface area contributed by atoms with Crippen LogP contribution in [0.2, 0.25) is 0 Å². The zero-order valence-electron chi connectivity index (χ0n) is 10.4. The van der Waals surface area contributed by atoms with E-state index in [2.05, 4.69) is 40.7 Å². The summed E-state index contributed by atoms with van der Waals surface area (Å²) in [6, 6.07) is 0. The summed E-state index contributed by atoms with van der Waals surface area (Å²) in [6.07, 6.45) is 6.68. The minimum atomic E-state index is 0.507. The van der Waals surface area contributed by atoms with E-state index in [1.165, 1.54) is 19.3 Å². The Morgan fingerprint density at radius 3 is 2.36 bits per heavy atom. The van der Waals surface area contributed by atoms with Crippen LogP contribution in [0.25, 0.3) is 0 Å². The molecule has 0 aliphatic heterocycles. The highest BCUT2D eigenvalue weighted by Crippen LogP contribution is 2.67. The van der Waals surface area contributed by atoms with Gasteiger partial charge in [0.15, 0.2) is 0 Å². The monoisotopic (exact) mass is 192 g/mol. The molecule has 3 unspecified atom stereocenters. The molecule has 3 aliphatic rings. The van der Waals surface area contributed by atoms with Crippen molar-refractivity contribution in [1.82, 2.24) is 0 Å². The lowest BCUT2D eigenvalue weighted by atomic mass is 9.40. The SMILES string of the molecule is C/C=C(/C)C1(C)CCC2CC1C2(C)C. The third kappa shape index (κ3) is 1.06. The van der Waals surface area contributed by atoms with E-state index >= 15 is 0 Å². The Morgan fingerprint density at radius 1 is 1.29 bits per heavy atom. The quantitative estimate of drug-likeness (QED) is 0.540. The maximum Gasteiger partial charge on any atom is -0.00856 e. The van der Waals surface area contributed by atoms with Crippen molar-refractivity contribution >= 4 is 0 Å². The van der Waals surface area contributed by atoms with Crippen LogP contribution < -0.4 is 0 Å². The summed E-state index contributed by atoms with van der Waals surface area (Å²) in [5.74, 6) is 1.95. The number of hydrogen-bond donors (Lipinski definition) is 0. The molecule has 0 heterocycles. The van der Waals surface area contributed by atoms with Gasteiger partial charge in [-0.1, -0.05) is 32.4 Å². The van der Waals surface area contributed by atoms with Crippen molar-refractivity contribution in [2.75, 3.05) is 0 Å². The van der Waals surface area contributed by atoms with Crippen LogP contribution in [0.3, 0.4) is 0 Å². The predicted octanol–water partition coefficient (Wildman–Crippen LogP) is 4.42. The molecule has 0 saturated heterocycles. The van der Waals surface area contributed by atoms with E-state index in [1.54, 1.807) is 5.57 Å². The van der Waals surface area contributed by atoms with E-state index in [0.717, 1.165) is 11.8 Å². The first-order valence-corrected chi connectivity index (χ1v) is 6.06. The Bertz CT molecular complexity index is 270. The minimum Gasteiger partial charge on any atom is -0.0882 e. The maximum atomic E-state index is 2.49. The van der Waals surface area contributed by atoms with Gasteiger partial charge in [0, 0.05) is 0 Å². The van der Waals surface area contributed by atoms with Crippen LogP contribution in [0.15, 0.2) is 11.6 Å². The number of fused-ring (bicyclic) bond motifs is 2. The lowest BCUT2D eigenvalue weighted by Gasteiger charge is -2.65. The fourth-order valence-electron chi connectivity index (χ4n) is 4.04. The average molecular weight is 192 g/mol. The first kappa shape index (κ1) is 10.3. The smallest absolute Gasteiger partial charge is 0.00856 e. The van der Waals surface area contributed by atoms with Gasteiger partial charge in [-0.05, 0) is 55.8 Å². The summed E-state index contributed by atoms with van der Waals surface area (Å²) in [5, 5.41) is 0. The summed E-state index contributed by atoms with van der Waals surface area (Å²) in [7, 11) is 0. The van der Waals surface area contributed by atoms with Crippen LogP contribution in [0.4, 0.5) is 0 Å². The Morgan fingerprint density at radius 2 is 1.93 bits per heavy atom. The minimum absolute atomic E-state index is 0.507. The molecule has 0 N–H and O–H groups in total. The van der Waals surface area contributed by atoms with Crippen LogP contribution in [0, 0.1) is 22.7 Å². The highest BCUT2D eigenvalue weighted by atomic mass is 14.6. The van der Waals surface area contributed by atoms with Gasteiger partial charge in [-0.15, -0.1) is 0 Å². The molecule has 3 aliphatic carbocycles. The van der Waals surface area contributed by atoms with Gasteiger partial charge in [0.1, 0.15) is 0 Å². The van der Waals surface area contributed by atoms with Gasteiger partial charge in [0.05, 0.1) is 0 Å². The van der Waals surface area contributed by atoms with Crippen molar-refractivity contribution in [2.24, 2.45) is 22.7 Å². The van der Waals surface area contributed by atoms with Gasteiger partial charge in [-0.3, -0.25) is 0 Å². The van der Waals surface area contributed by atoms with Crippen LogP contribution in [0.1, 0.15) is 53.9 Å². The zero-order valence-corrected chi connectivity index (χ0v) is 10.4. The second-order valence-corrected chi connectivity index (χ2v) is 6.23. The summed E-state index contributed by atoms with van der Waals surface area (Å²) in [6.45, 7) is 12.0. The lowest BCUT2D eigenvalue weighted by Crippen LogP contribution is -2.57. The third-order valence-corrected chi connectivity index (χ3v) is 5.59. The van der Waals surface area contributed by atoms with E-state index < -0.39 is 0 Å². The molecule has 0 spiro atoms. The number of rotatable bonds is 1. The Hall–Kier alpha value is -0.260. The zero-order chi connectivity index (χ0) is 10.6. The molecule has 0 aromatic heterocycles. The largest absolute Gasteiger partial charge is 0.0882 e. The molecular formula is C14H24. The highest BCUT2D eigenvalue weighted by molar-refractivity contribution is 5.20. The first-order valence-electron chi connectivity index (χ1n) is 6.06. The molecular weight excluding hydrogens is 168 g/mol. The van der Waals surface area contributed by atoms with Crippen molar-refractivity contribution in [1.29, 1.82) is 0 Å². The second-order valence-electron chi connectivity index (χ2n) is 6.23. The molecule has 80 valence electrons. The van der Waals surface area contributed by atoms with Gasteiger partial charge >= 0.3 is 0 Å². The molecule has 3 fully saturated rings. The molecule has 3 rings (SSSR count). The molecule has 0 aromatic carbocycles. The Labute approximate surface area is 88.8 Å². The van der Waals surface area contributed by atoms with E-state index in [0.29, 0.717) is 10.8 Å². The van der Waals surface area contributed by atoms with E-state index in [4.69, 9.17) is 0 Å². The van der Waals surface area contributed by atoms with Crippen molar-refractivity contribution in [3.8, 4) is 0 Å². The summed E-state index contributed by atoms with van der Waals surface area (Å²) >= 11 is 0. The van der Waals surface area contributed by atoms with Crippen LogP contribution in [-0.4, -0.2) is 0 Å². The van der Waals surface area contributed by atoms with Crippen molar-refractivity contribution in [3.05, 3.63) is 11.6 Å². The molecule has 2 bridgehead atoms. The fourth-order valence-corrected chi connectivity index (χ4v) is 4.04. The first-order chi connectivity index (χ1) is 6.43. The third-order valence-electron chi connectivity index (χ3n) is 5.59. The second kappa shape index (κ2) is 2.87. The summed E-state index contributed by atoms with van der Waals surface area (Å²) in [5.41, 5.74) is 2.73. The average Bonchev–Trinajstić information content (AvgIpc) is 2.16. The van der Waals surface area contributed by atoms with Gasteiger partial charge < -0.3 is 0 Å². The molecule has 3 saturated carbocycles. The van der Waals surface area contributed by atoms with Gasteiger partial charge in [-0.2, -0.15) is 0 Å². The normalized spacial score (nSPS) is 45.9. The van der Waals surface area contributed by atoms with Crippen LogP contribution in [0.5, 0.6) is 0 Å². The molecule has 0 radical (unpaired) electrons. The van der Waals surface area contributed by atoms with Gasteiger partial charge in [0.2, 0.25) is 0 Å². The van der Waals surface area contributed by atoms with Crippen molar-refractivity contribution in [3.63, 3.8) is 0 Å². The molecule has 3 atom stereocenters. The lowest BCUT2D eigenvalue weighted by molar-refractivity contribution is -0.134. The highest BCUT2D eigenvalue weighted by Gasteiger charge is 2.59. The van der Waals surface area contributed by atoms with E-state index in [1.807, 2.05) is 0 Å². The Balaban J connectivity index is 2.30. The van der Waals surface area contributed by atoms with Gasteiger partial charge in [0.25, 0.3) is 0 Å². The fraction of sp³-hybridized carbons (Fsp3) is 0.857. The molecule has 0 amide bonds. The predicted molar refractivity (Wildman–Crippen MR) is 62.2 cm³/mol. The van der Waals surface area contributed by atoms with Gasteiger partial charge in [-0.25, -0.2) is 0 Å². The maximum absolute atomic E-state index is 2.49. The number of allylic oxidation sites excluding steroid dienone is 2. The van der Waals surface area contributed by atoms with E-state index in [9.17, 15) is 0 Å². The summed E-state index contributed by atoms with van der Waals surface area (Å²) in [4.78, 5) is 0. The number of hydrogen-bond acceptors (Lipinski definition) is 0. The van der Waals surface area contributed by atoms with Crippen LogP contribution in [-0.2, 0) is 0 Å². The standard InChI is InChI=1S/C14H24/c1-6-10(2)14(5)8-7-11-9-12(14)13(11,3)4/h6,11-12H,7-9H2,1-5H3/b10-6-. The van der Waals surface area contributed by atoms with Crippen molar-refractivity contribution in [2.45, 2.75) is 53.9 Å². The van der Waals surface area contributed by atoms with E-state index in [-0.39, 0.29) is 0 Å². The molecule has 0 nitrogen and oxygen atoms in total. The summed E-state index contributed by atoms with van der Waals surface area (Å²) < 4.78 is 0. The molecule has 0 heteroatoms. The van der Waals surface area contributed by atoms with Crippen molar-refractivity contribution < 1.29 is 0 Å². The Kier molecular flexibility index (Phi) is 2.10. The van der Waals surface area contributed by atoms with Crippen LogP contribution >= 0.6 is 0 Å². The topological polar surface area (TPSA) is 0 Å². The molecule has 14 heavy (non-hydrogen) atoms. The molecule has 0 aromatic rings.